The van der Waals surface area contributed by atoms with E-state index in [1.165, 1.54) is 24.3 Å². The average Bonchev–Trinajstić information content (AvgIpc) is 2.47. The van der Waals surface area contributed by atoms with E-state index in [0.717, 1.165) is 31.2 Å². The number of hydrogen-bond acceptors (Lipinski definition) is 4. The molecule has 0 saturated carbocycles. The Kier molecular flexibility index (Phi) is 4.99. The molecule has 2 aromatic rings. The number of phenols is 2. The highest BCUT2D eigenvalue weighted by molar-refractivity contribution is 5.77. The summed E-state index contributed by atoms with van der Waals surface area (Å²) in [6.07, 6.45) is 4.02. The molecular formula is C17H19NO4. The molecule has 0 spiro atoms. The van der Waals surface area contributed by atoms with E-state index in [2.05, 4.69) is 6.92 Å². The second-order valence-electron chi connectivity index (χ2n) is 5.27. The predicted octanol–water partition coefficient (Wildman–Crippen LogP) is 4.41. The quantitative estimate of drug-likeness (QED) is 0.470. The summed E-state index contributed by atoms with van der Waals surface area (Å²) in [5, 5.41) is 31.0. The maximum absolute atomic E-state index is 10.7. The van der Waals surface area contributed by atoms with Gasteiger partial charge in [0.05, 0.1) is 10.5 Å². The van der Waals surface area contributed by atoms with Gasteiger partial charge in [-0.2, -0.15) is 0 Å². The minimum atomic E-state index is -0.486. The number of nitrogens with zero attached hydrogens (tertiary/aromatic N) is 1. The molecule has 5 heteroatoms. The van der Waals surface area contributed by atoms with Crippen molar-refractivity contribution in [2.45, 2.75) is 32.6 Å². The summed E-state index contributed by atoms with van der Waals surface area (Å²) < 4.78 is 0. The van der Waals surface area contributed by atoms with Crippen LogP contribution >= 0.6 is 0 Å². The Morgan fingerprint density at radius 1 is 1.05 bits per heavy atom. The van der Waals surface area contributed by atoms with Crippen LogP contribution in [0.2, 0.25) is 0 Å². The summed E-state index contributed by atoms with van der Waals surface area (Å²) in [5.41, 5.74) is 1.70. The first-order chi connectivity index (χ1) is 10.5. The Balaban J connectivity index is 2.29. The van der Waals surface area contributed by atoms with Gasteiger partial charge in [-0.05, 0) is 48.2 Å². The molecule has 0 saturated heterocycles. The molecule has 5 nitrogen and oxygen atoms in total. The number of nitro benzene ring substituents is 1. The molecule has 0 heterocycles. The molecule has 0 fully saturated rings. The van der Waals surface area contributed by atoms with E-state index >= 15 is 0 Å². The van der Waals surface area contributed by atoms with Gasteiger partial charge in [0.15, 0.2) is 0 Å². The van der Waals surface area contributed by atoms with Gasteiger partial charge in [-0.15, -0.1) is 0 Å². The topological polar surface area (TPSA) is 83.6 Å². The highest BCUT2D eigenvalue weighted by atomic mass is 16.6. The van der Waals surface area contributed by atoms with Gasteiger partial charge in [0.1, 0.15) is 11.5 Å². The molecule has 2 rings (SSSR count). The lowest BCUT2D eigenvalue weighted by Crippen LogP contribution is -1.90. The normalized spacial score (nSPS) is 10.6. The largest absolute Gasteiger partial charge is 0.507 e. The molecular weight excluding hydrogens is 282 g/mol. The van der Waals surface area contributed by atoms with Gasteiger partial charge in [0.25, 0.3) is 5.69 Å². The number of benzene rings is 2. The van der Waals surface area contributed by atoms with Crippen LogP contribution in [0, 0.1) is 10.1 Å². The number of hydrogen-bond donors (Lipinski definition) is 2. The van der Waals surface area contributed by atoms with Gasteiger partial charge in [-0.25, -0.2) is 0 Å². The van der Waals surface area contributed by atoms with Gasteiger partial charge in [0, 0.05) is 12.1 Å². The van der Waals surface area contributed by atoms with Crippen molar-refractivity contribution in [3.05, 3.63) is 52.1 Å². The molecule has 0 unspecified atom stereocenters. The first-order valence-electron chi connectivity index (χ1n) is 7.32. The lowest BCUT2D eigenvalue weighted by atomic mass is 9.98. The third-order valence-corrected chi connectivity index (χ3v) is 3.59. The van der Waals surface area contributed by atoms with Crippen LogP contribution in [0.25, 0.3) is 11.1 Å². The molecule has 0 amide bonds. The van der Waals surface area contributed by atoms with Gasteiger partial charge < -0.3 is 10.2 Å². The standard InChI is InChI=1S/C17H19NO4/c1-2-3-4-5-12-10-15(19)17(16(20)11-12)13-6-8-14(9-7-13)18(21)22/h6-11,19-20H,2-5H2,1H3. The van der Waals surface area contributed by atoms with Crippen molar-refractivity contribution >= 4 is 5.69 Å². The van der Waals surface area contributed by atoms with Crippen LogP contribution in [-0.2, 0) is 6.42 Å². The van der Waals surface area contributed by atoms with Crippen molar-refractivity contribution in [1.29, 1.82) is 0 Å². The van der Waals surface area contributed by atoms with Crippen molar-refractivity contribution in [2.24, 2.45) is 0 Å². The maximum atomic E-state index is 10.7. The molecule has 0 aliphatic heterocycles. The van der Waals surface area contributed by atoms with Crippen molar-refractivity contribution in [3.8, 4) is 22.6 Å². The minimum Gasteiger partial charge on any atom is -0.507 e. The summed E-state index contributed by atoms with van der Waals surface area (Å²) >= 11 is 0. The molecule has 0 aliphatic carbocycles. The molecule has 116 valence electrons. The summed E-state index contributed by atoms with van der Waals surface area (Å²) in [4.78, 5) is 10.2. The first-order valence-corrected chi connectivity index (χ1v) is 7.32. The zero-order valence-corrected chi connectivity index (χ0v) is 12.5. The smallest absolute Gasteiger partial charge is 0.269 e. The number of aryl methyl sites for hydroxylation is 1. The Hall–Kier alpha value is -2.56. The van der Waals surface area contributed by atoms with Crippen molar-refractivity contribution in [1.82, 2.24) is 0 Å². The predicted molar refractivity (Wildman–Crippen MR) is 85.1 cm³/mol. The maximum Gasteiger partial charge on any atom is 0.269 e. The summed E-state index contributed by atoms with van der Waals surface area (Å²) in [6.45, 7) is 2.12. The van der Waals surface area contributed by atoms with E-state index in [4.69, 9.17) is 0 Å². The number of nitro groups is 1. The second-order valence-corrected chi connectivity index (χ2v) is 5.27. The van der Waals surface area contributed by atoms with Crippen LogP contribution in [0.1, 0.15) is 31.7 Å². The highest BCUT2D eigenvalue weighted by Crippen LogP contribution is 2.39. The van der Waals surface area contributed by atoms with E-state index < -0.39 is 4.92 Å². The molecule has 0 atom stereocenters. The fourth-order valence-corrected chi connectivity index (χ4v) is 2.44. The Bertz CT molecular complexity index is 642. The average molecular weight is 301 g/mol. The highest BCUT2D eigenvalue weighted by Gasteiger charge is 2.13. The number of phenolic OH excluding ortho intramolecular Hbond substituents is 2. The van der Waals surface area contributed by atoms with Crippen LogP contribution in [0.4, 0.5) is 5.69 Å². The number of aromatic hydroxyl groups is 2. The fraction of sp³-hybridized carbons (Fsp3) is 0.294. The van der Waals surface area contributed by atoms with Crippen LogP contribution in [-0.4, -0.2) is 15.1 Å². The zero-order chi connectivity index (χ0) is 16.1. The Labute approximate surface area is 129 Å². The van der Waals surface area contributed by atoms with E-state index in [9.17, 15) is 20.3 Å². The summed E-state index contributed by atoms with van der Waals surface area (Å²) in [6, 6.07) is 9.03. The molecule has 0 aromatic heterocycles. The van der Waals surface area contributed by atoms with Crippen molar-refractivity contribution in [3.63, 3.8) is 0 Å². The number of non-ortho nitro benzene ring substituents is 1. The van der Waals surface area contributed by atoms with Gasteiger partial charge in [-0.1, -0.05) is 19.8 Å². The van der Waals surface area contributed by atoms with E-state index in [1.807, 2.05) is 0 Å². The zero-order valence-electron chi connectivity index (χ0n) is 12.5. The van der Waals surface area contributed by atoms with Gasteiger partial charge in [-0.3, -0.25) is 10.1 Å². The SMILES string of the molecule is CCCCCc1cc(O)c(-c2ccc([N+](=O)[O-])cc2)c(O)c1. The van der Waals surface area contributed by atoms with Crippen LogP contribution in [0.15, 0.2) is 36.4 Å². The van der Waals surface area contributed by atoms with Gasteiger partial charge >= 0.3 is 0 Å². The molecule has 0 aliphatic rings. The van der Waals surface area contributed by atoms with Crippen LogP contribution in [0.3, 0.4) is 0 Å². The third-order valence-electron chi connectivity index (χ3n) is 3.59. The molecule has 2 N–H and O–H groups in total. The lowest BCUT2D eigenvalue weighted by Gasteiger charge is -2.10. The summed E-state index contributed by atoms with van der Waals surface area (Å²) in [5.74, 6) is -0.0271. The van der Waals surface area contributed by atoms with Crippen LogP contribution in [0.5, 0.6) is 11.5 Å². The third kappa shape index (κ3) is 3.55. The second kappa shape index (κ2) is 6.93. The number of rotatable bonds is 6. The van der Waals surface area contributed by atoms with Crippen molar-refractivity contribution in [2.75, 3.05) is 0 Å². The first kappa shape index (κ1) is 15.8. The van der Waals surface area contributed by atoms with E-state index in [0.29, 0.717) is 11.1 Å². The monoisotopic (exact) mass is 301 g/mol. The van der Waals surface area contributed by atoms with E-state index in [1.54, 1.807) is 12.1 Å². The Morgan fingerprint density at radius 3 is 2.14 bits per heavy atom. The summed E-state index contributed by atoms with van der Waals surface area (Å²) in [7, 11) is 0. The Morgan fingerprint density at radius 2 is 1.64 bits per heavy atom. The molecule has 0 bridgehead atoms. The van der Waals surface area contributed by atoms with Crippen molar-refractivity contribution < 1.29 is 15.1 Å². The minimum absolute atomic E-state index is 0.0136. The fourth-order valence-electron chi connectivity index (χ4n) is 2.44. The van der Waals surface area contributed by atoms with Gasteiger partial charge in [0.2, 0.25) is 0 Å². The van der Waals surface area contributed by atoms with Crippen LogP contribution < -0.4 is 0 Å². The molecule has 22 heavy (non-hydrogen) atoms. The number of unbranched alkanes of at least 4 members (excludes halogenated alkanes) is 2. The lowest BCUT2D eigenvalue weighted by molar-refractivity contribution is -0.384. The van der Waals surface area contributed by atoms with E-state index in [-0.39, 0.29) is 17.2 Å². The molecule has 2 aromatic carbocycles. The molecule has 0 radical (unpaired) electrons.